The van der Waals surface area contributed by atoms with Crippen LogP contribution in [0.4, 0.5) is 8.78 Å². The number of rotatable bonds is 5. The van der Waals surface area contributed by atoms with E-state index in [1.54, 1.807) is 29.5 Å². The number of carbonyl (C=O) groups is 2. The number of alkyl halides is 2. The van der Waals surface area contributed by atoms with Gasteiger partial charge < -0.3 is 14.6 Å². The fourth-order valence-corrected chi connectivity index (χ4v) is 2.63. The molecule has 0 spiro atoms. The van der Waals surface area contributed by atoms with E-state index in [2.05, 4.69) is 4.74 Å². The van der Waals surface area contributed by atoms with Gasteiger partial charge in [0.15, 0.2) is 6.10 Å². The number of esters is 2. The van der Waals surface area contributed by atoms with Gasteiger partial charge in [0.25, 0.3) is 0 Å². The van der Waals surface area contributed by atoms with E-state index in [1.165, 1.54) is 26.0 Å². The first kappa shape index (κ1) is 18.8. The zero-order valence-corrected chi connectivity index (χ0v) is 14.3. The summed E-state index contributed by atoms with van der Waals surface area (Å²) >= 11 is 1.79. The van der Waals surface area contributed by atoms with Crippen molar-refractivity contribution in [3.8, 4) is 5.75 Å². The van der Waals surface area contributed by atoms with Gasteiger partial charge in [0.1, 0.15) is 5.75 Å². The maximum absolute atomic E-state index is 13.8. The summed E-state index contributed by atoms with van der Waals surface area (Å²) in [5.74, 6) is -6.19. The molecule has 1 aromatic rings. The lowest BCUT2D eigenvalue weighted by Crippen LogP contribution is -2.37. The summed E-state index contributed by atoms with van der Waals surface area (Å²) in [6, 6.07) is 2.46. The molecule has 122 valence electrons. The predicted octanol–water partition coefficient (Wildman–Crippen LogP) is 2.76. The van der Waals surface area contributed by atoms with Crippen LogP contribution in [0, 0.1) is 10.5 Å². The van der Waals surface area contributed by atoms with Crippen LogP contribution in [0.1, 0.15) is 31.1 Å². The first-order valence-electron chi connectivity index (χ1n) is 6.32. The molecule has 0 aliphatic heterocycles. The van der Waals surface area contributed by atoms with E-state index in [4.69, 9.17) is 4.74 Å². The third kappa shape index (κ3) is 4.13. The number of carbonyl (C=O) groups excluding carboxylic acids is 2. The molecule has 0 amide bonds. The monoisotopic (exact) mass is 428 g/mol. The van der Waals surface area contributed by atoms with Crippen molar-refractivity contribution < 1.29 is 33.0 Å². The van der Waals surface area contributed by atoms with E-state index in [0.717, 1.165) is 0 Å². The van der Waals surface area contributed by atoms with Crippen LogP contribution in [0.3, 0.4) is 0 Å². The van der Waals surface area contributed by atoms with E-state index in [1.807, 2.05) is 0 Å². The van der Waals surface area contributed by atoms with Crippen LogP contribution in [0.5, 0.6) is 5.75 Å². The summed E-state index contributed by atoms with van der Waals surface area (Å²) in [4.78, 5) is 22.3. The van der Waals surface area contributed by atoms with Crippen LogP contribution in [-0.4, -0.2) is 29.6 Å². The molecule has 1 atom stereocenters. The van der Waals surface area contributed by atoms with Gasteiger partial charge in [-0.05, 0) is 59.7 Å². The summed E-state index contributed by atoms with van der Waals surface area (Å²) in [7, 11) is 0. The van der Waals surface area contributed by atoms with Gasteiger partial charge in [-0.15, -0.1) is 0 Å². The molecule has 0 aliphatic carbocycles. The lowest BCUT2D eigenvalue weighted by Gasteiger charge is -2.22. The molecule has 8 heteroatoms. The second kappa shape index (κ2) is 7.32. The molecule has 0 bridgehead atoms. The third-order valence-electron chi connectivity index (χ3n) is 2.70. The zero-order chi connectivity index (χ0) is 17.1. The van der Waals surface area contributed by atoms with Gasteiger partial charge >= 0.3 is 17.9 Å². The van der Waals surface area contributed by atoms with Crippen molar-refractivity contribution in [1.29, 1.82) is 0 Å². The first-order chi connectivity index (χ1) is 10.1. The van der Waals surface area contributed by atoms with Crippen molar-refractivity contribution >= 4 is 34.5 Å². The molecule has 22 heavy (non-hydrogen) atoms. The number of aryl methyl sites for hydroxylation is 1. The standard InChI is InChI=1S/C14H15F2IO5/c1-4-21-13(20)14(15,16)12(19)9-5-7(2)11(10(17)6-9)22-8(3)18/h5-6,12,19H,4H2,1-3H3. The van der Waals surface area contributed by atoms with Gasteiger partial charge in [-0.25, -0.2) is 4.79 Å². The molecule has 0 radical (unpaired) electrons. The fraction of sp³-hybridized carbons (Fsp3) is 0.429. The first-order valence-corrected chi connectivity index (χ1v) is 7.40. The van der Waals surface area contributed by atoms with Gasteiger partial charge in [0.2, 0.25) is 0 Å². The number of aliphatic hydroxyl groups excluding tert-OH is 1. The number of hydrogen-bond donors (Lipinski definition) is 1. The lowest BCUT2D eigenvalue weighted by molar-refractivity contribution is -0.189. The van der Waals surface area contributed by atoms with E-state index in [0.29, 0.717) is 9.13 Å². The second-order valence-corrected chi connectivity index (χ2v) is 5.65. The van der Waals surface area contributed by atoms with Gasteiger partial charge in [-0.2, -0.15) is 8.78 Å². The molecule has 1 aromatic carbocycles. The fourth-order valence-electron chi connectivity index (χ4n) is 1.74. The molecular formula is C14H15F2IO5. The third-order valence-corrected chi connectivity index (χ3v) is 3.51. The van der Waals surface area contributed by atoms with Crippen LogP contribution in [-0.2, 0) is 14.3 Å². The largest absolute Gasteiger partial charge is 0.461 e. The molecule has 1 N–H and O–H groups in total. The Morgan fingerprint density at radius 2 is 2.00 bits per heavy atom. The molecule has 0 fully saturated rings. The Bertz CT molecular complexity index is 566. The quantitative estimate of drug-likeness (QED) is 0.444. The molecule has 0 saturated heterocycles. The van der Waals surface area contributed by atoms with Crippen molar-refractivity contribution in [2.45, 2.75) is 32.8 Å². The zero-order valence-electron chi connectivity index (χ0n) is 12.2. The van der Waals surface area contributed by atoms with Gasteiger partial charge in [0, 0.05) is 6.92 Å². The van der Waals surface area contributed by atoms with E-state index in [9.17, 15) is 23.5 Å². The van der Waals surface area contributed by atoms with Crippen molar-refractivity contribution in [1.82, 2.24) is 0 Å². The molecule has 1 rings (SSSR count). The van der Waals surface area contributed by atoms with Crippen LogP contribution in [0.2, 0.25) is 0 Å². The van der Waals surface area contributed by atoms with Gasteiger partial charge in [-0.1, -0.05) is 0 Å². The minimum atomic E-state index is -4.07. The average molecular weight is 428 g/mol. The molecule has 0 saturated carbocycles. The van der Waals surface area contributed by atoms with E-state index >= 15 is 0 Å². The van der Waals surface area contributed by atoms with Crippen LogP contribution in [0.25, 0.3) is 0 Å². The highest BCUT2D eigenvalue weighted by molar-refractivity contribution is 14.1. The Morgan fingerprint density at radius 1 is 1.41 bits per heavy atom. The SMILES string of the molecule is CCOC(=O)C(F)(F)C(O)c1cc(C)c(OC(C)=O)c(I)c1. The highest BCUT2D eigenvalue weighted by Crippen LogP contribution is 2.36. The number of halogens is 3. The summed E-state index contributed by atoms with van der Waals surface area (Å²) < 4.78 is 37.3. The van der Waals surface area contributed by atoms with E-state index < -0.39 is 24.0 Å². The highest BCUT2D eigenvalue weighted by Gasteiger charge is 2.49. The Labute approximate surface area is 139 Å². The Balaban J connectivity index is 3.17. The smallest absolute Gasteiger partial charge is 0.380 e. The summed E-state index contributed by atoms with van der Waals surface area (Å²) in [6.07, 6.45) is -2.36. The van der Waals surface area contributed by atoms with Crippen LogP contribution >= 0.6 is 22.6 Å². The van der Waals surface area contributed by atoms with Crippen molar-refractivity contribution in [2.75, 3.05) is 6.61 Å². The van der Waals surface area contributed by atoms with Gasteiger partial charge in [-0.3, -0.25) is 4.79 Å². The van der Waals surface area contributed by atoms with Crippen molar-refractivity contribution in [2.24, 2.45) is 0 Å². The van der Waals surface area contributed by atoms with Crippen LogP contribution < -0.4 is 4.74 Å². The second-order valence-electron chi connectivity index (χ2n) is 4.49. The Kier molecular flexibility index (Phi) is 6.24. The Morgan fingerprint density at radius 3 is 2.45 bits per heavy atom. The summed E-state index contributed by atoms with van der Waals surface area (Å²) in [6.45, 7) is 3.93. The molecule has 0 heterocycles. The normalized spacial score (nSPS) is 12.7. The maximum atomic E-state index is 13.8. The molecule has 5 nitrogen and oxygen atoms in total. The summed E-state index contributed by atoms with van der Waals surface area (Å²) in [5.41, 5.74) is 0.215. The minimum absolute atomic E-state index is 0.171. The van der Waals surface area contributed by atoms with E-state index in [-0.39, 0.29) is 17.9 Å². The number of benzene rings is 1. The molecule has 0 aliphatic rings. The average Bonchev–Trinajstić information content (AvgIpc) is 2.41. The molecule has 0 aromatic heterocycles. The lowest BCUT2D eigenvalue weighted by atomic mass is 10.0. The van der Waals surface area contributed by atoms with Crippen molar-refractivity contribution in [3.05, 3.63) is 26.8 Å². The number of hydrogen-bond acceptors (Lipinski definition) is 5. The predicted molar refractivity (Wildman–Crippen MR) is 81.7 cm³/mol. The Hall–Kier alpha value is -1.29. The maximum Gasteiger partial charge on any atom is 0.380 e. The van der Waals surface area contributed by atoms with Gasteiger partial charge in [0.05, 0.1) is 10.2 Å². The number of aliphatic hydroxyl groups is 1. The van der Waals surface area contributed by atoms with Crippen LogP contribution in [0.15, 0.2) is 12.1 Å². The number of ether oxygens (including phenoxy) is 2. The summed E-state index contributed by atoms with van der Waals surface area (Å²) in [5, 5.41) is 9.81. The van der Waals surface area contributed by atoms with Crippen molar-refractivity contribution in [3.63, 3.8) is 0 Å². The highest BCUT2D eigenvalue weighted by atomic mass is 127. The topological polar surface area (TPSA) is 72.8 Å². The molecule has 1 unspecified atom stereocenters. The minimum Gasteiger partial charge on any atom is -0.461 e. The molecular weight excluding hydrogens is 413 g/mol.